The molecule has 0 radical (unpaired) electrons. The molecule has 0 heterocycles. The molecule has 2 N–H and O–H groups in total. The first-order valence-corrected chi connectivity index (χ1v) is 3.76. The van der Waals surface area contributed by atoms with E-state index in [1.54, 1.807) is 0 Å². The molecule has 0 aliphatic carbocycles. The van der Waals surface area contributed by atoms with Crippen LogP contribution in [0.2, 0.25) is 0 Å². The summed E-state index contributed by atoms with van der Waals surface area (Å²) in [4.78, 5) is 20.6. The molecular formula is C8H9ClN2O4. The number of halogens is 1. The van der Waals surface area contributed by atoms with Gasteiger partial charge in [-0.3, -0.25) is 10.1 Å². The quantitative estimate of drug-likeness (QED) is 0.612. The Bertz CT molecular complexity index is 362. The zero-order chi connectivity index (χ0) is 10.7. The van der Waals surface area contributed by atoms with Gasteiger partial charge in [0, 0.05) is 13.1 Å². The lowest BCUT2D eigenvalue weighted by Crippen LogP contribution is -2.05. The molecule has 1 aromatic rings. The number of carboxylic acid groups (broad SMARTS) is 1. The predicted octanol–water partition coefficient (Wildman–Crippen LogP) is 1.76. The molecule has 1 aromatic carbocycles. The molecular weight excluding hydrogens is 224 g/mol. The van der Waals surface area contributed by atoms with Crippen LogP contribution < -0.4 is 5.32 Å². The van der Waals surface area contributed by atoms with Gasteiger partial charge >= 0.3 is 5.97 Å². The van der Waals surface area contributed by atoms with Crippen molar-refractivity contribution in [2.24, 2.45) is 0 Å². The lowest BCUT2D eigenvalue weighted by atomic mass is 10.1. The zero-order valence-electron chi connectivity index (χ0n) is 7.76. The maximum absolute atomic E-state index is 10.7. The number of hydrogen-bond donors (Lipinski definition) is 2. The molecule has 0 unspecified atom stereocenters. The van der Waals surface area contributed by atoms with Gasteiger partial charge in [0.15, 0.2) is 0 Å². The molecule has 0 spiro atoms. The van der Waals surface area contributed by atoms with E-state index in [0.717, 1.165) is 0 Å². The fourth-order valence-corrected chi connectivity index (χ4v) is 1.13. The van der Waals surface area contributed by atoms with Crippen molar-refractivity contribution in [3.05, 3.63) is 33.9 Å². The van der Waals surface area contributed by atoms with Crippen LogP contribution in [0.15, 0.2) is 18.2 Å². The number of carbonyl (C=O) groups is 1. The molecule has 0 aromatic heterocycles. The van der Waals surface area contributed by atoms with Crippen molar-refractivity contribution in [3.8, 4) is 0 Å². The van der Waals surface area contributed by atoms with Gasteiger partial charge in [0.2, 0.25) is 0 Å². The molecule has 0 amide bonds. The van der Waals surface area contributed by atoms with E-state index >= 15 is 0 Å². The van der Waals surface area contributed by atoms with Crippen molar-refractivity contribution in [2.75, 3.05) is 12.4 Å². The van der Waals surface area contributed by atoms with E-state index in [2.05, 4.69) is 5.32 Å². The number of nitrogens with zero attached hydrogens (tertiary/aromatic N) is 1. The molecule has 0 fully saturated rings. The molecule has 0 saturated heterocycles. The van der Waals surface area contributed by atoms with Gasteiger partial charge in [-0.15, -0.1) is 12.4 Å². The molecule has 0 saturated carbocycles. The van der Waals surface area contributed by atoms with Gasteiger partial charge in [0.25, 0.3) is 5.69 Å². The SMILES string of the molecule is CNc1c(C(=O)O)cccc1[N+](=O)[O-].Cl. The van der Waals surface area contributed by atoms with E-state index in [4.69, 9.17) is 5.11 Å². The number of nitro benzene ring substituents is 1. The monoisotopic (exact) mass is 232 g/mol. The number of anilines is 1. The first-order chi connectivity index (χ1) is 6.57. The minimum atomic E-state index is -1.20. The third-order valence-corrected chi connectivity index (χ3v) is 1.72. The summed E-state index contributed by atoms with van der Waals surface area (Å²) < 4.78 is 0. The Kier molecular flexibility index (Phi) is 4.53. The summed E-state index contributed by atoms with van der Waals surface area (Å²) in [6.45, 7) is 0. The van der Waals surface area contributed by atoms with E-state index in [1.807, 2.05) is 0 Å². The highest BCUT2D eigenvalue weighted by atomic mass is 35.5. The molecule has 0 aliphatic rings. The Balaban J connectivity index is 0.00000196. The fraction of sp³-hybridized carbons (Fsp3) is 0.125. The Morgan fingerprint density at radius 2 is 2.13 bits per heavy atom. The second-order valence-electron chi connectivity index (χ2n) is 2.51. The Labute approximate surface area is 91.5 Å². The van der Waals surface area contributed by atoms with Gasteiger partial charge in [-0.2, -0.15) is 0 Å². The van der Waals surface area contributed by atoms with Crippen LogP contribution in [0.5, 0.6) is 0 Å². The molecule has 82 valence electrons. The van der Waals surface area contributed by atoms with Gasteiger partial charge in [-0.25, -0.2) is 4.79 Å². The van der Waals surface area contributed by atoms with Crippen LogP contribution in [0, 0.1) is 10.1 Å². The smallest absolute Gasteiger partial charge is 0.338 e. The number of benzene rings is 1. The van der Waals surface area contributed by atoms with Gasteiger partial charge in [0.1, 0.15) is 5.69 Å². The van der Waals surface area contributed by atoms with Crippen LogP contribution in [-0.2, 0) is 0 Å². The molecule has 15 heavy (non-hydrogen) atoms. The summed E-state index contributed by atoms with van der Waals surface area (Å²) in [5, 5.41) is 21.8. The van der Waals surface area contributed by atoms with E-state index in [-0.39, 0.29) is 29.3 Å². The van der Waals surface area contributed by atoms with Crippen LogP contribution in [0.25, 0.3) is 0 Å². The molecule has 0 aliphatic heterocycles. The van der Waals surface area contributed by atoms with Gasteiger partial charge in [-0.1, -0.05) is 6.07 Å². The lowest BCUT2D eigenvalue weighted by Gasteiger charge is -2.04. The molecule has 6 nitrogen and oxygen atoms in total. The third kappa shape index (κ3) is 2.57. The largest absolute Gasteiger partial charge is 0.478 e. The summed E-state index contributed by atoms with van der Waals surface area (Å²) in [5.74, 6) is -1.20. The van der Waals surface area contributed by atoms with Gasteiger partial charge in [0.05, 0.1) is 10.5 Å². The van der Waals surface area contributed by atoms with Crippen LogP contribution in [0.3, 0.4) is 0 Å². The highest BCUT2D eigenvalue weighted by Crippen LogP contribution is 2.27. The first kappa shape index (κ1) is 13.2. The maximum Gasteiger partial charge on any atom is 0.338 e. The summed E-state index contributed by atoms with van der Waals surface area (Å²) in [5.41, 5.74) is -0.334. The zero-order valence-corrected chi connectivity index (χ0v) is 8.58. The second-order valence-corrected chi connectivity index (χ2v) is 2.51. The van der Waals surface area contributed by atoms with Crippen molar-refractivity contribution >= 4 is 29.8 Å². The van der Waals surface area contributed by atoms with Crippen molar-refractivity contribution < 1.29 is 14.8 Å². The third-order valence-electron chi connectivity index (χ3n) is 1.72. The number of hydrogen-bond acceptors (Lipinski definition) is 4. The van der Waals surface area contributed by atoms with Crippen LogP contribution in [0.4, 0.5) is 11.4 Å². The highest BCUT2D eigenvalue weighted by Gasteiger charge is 2.19. The average molecular weight is 233 g/mol. The Hall–Kier alpha value is -1.82. The Morgan fingerprint density at radius 1 is 1.53 bits per heavy atom. The first-order valence-electron chi connectivity index (χ1n) is 3.76. The van der Waals surface area contributed by atoms with E-state index < -0.39 is 10.9 Å². The van der Waals surface area contributed by atoms with E-state index in [9.17, 15) is 14.9 Å². The number of carboxylic acids is 1. The number of rotatable bonds is 3. The average Bonchev–Trinajstić information content (AvgIpc) is 2.16. The minimum absolute atomic E-state index is 0. The fourth-order valence-electron chi connectivity index (χ4n) is 1.13. The summed E-state index contributed by atoms with van der Waals surface area (Å²) >= 11 is 0. The standard InChI is InChI=1S/C8H8N2O4.ClH/c1-9-7-5(8(11)12)3-2-4-6(7)10(13)14;/h2-4,9H,1H3,(H,11,12);1H. The normalized spacial score (nSPS) is 8.87. The minimum Gasteiger partial charge on any atom is -0.478 e. The van der Waals surface area contributed by atoms with Gasteiger partial charge < -0.3 is 10.4 Å². The topological polar surface area (TPSA) is 92.5 Å². The van der Waals surface area contributed by atoms with Crippen LogP contribution >= 0.6 is 12.4 Å². The van der Waals surface area contributed by atoms with E-state index in [1.165, 1.54) is 25.2 Å². The number of nitro groups is 1. The van der Waals surface area contributed by atoms with Crippen LogP contribution in [-0.4, -0.2) is 23.0 Å². The predicted molar refractivity (Wildman–Crippen MR) is 56.9 cm³/mol. The van der Waals surface area contributed by atoms with Crippen molar-refractivity contribution in [1.82, 2.24) is 0 Å². The van der Waals surface area contributed by atoms with Crippen molar-refractivity contribution in [2.45, 2.75) is 0 Å². The Morgan fingerprint density at radius 3 is 2.53 bits per heavy atom. The van der Waals surface area contributed by atoms with Gasteiger partial charge in [-0.05, 0) is 6.07 Å². The lowest BCUT2D eigenvalue weighted by molar-refractivity contribution is -0.384. The summed E-state index contributed by atoms with van der Waals surface area (Å²) in [6, 6.07) is 3.89. The molecule has 7 heteroatoms. The number of nitrogens with one attached hydrogen (secondary N) is 1. The van der Waals surface area contributed by atoms with Crippen molar-refractivity contribution in [1.29, 1.82) is 0 Å². The highest BCUT2D eigenvalue weighted by molar-refractivity contribution is 5.96. The summed E-state index contributed by atoms with van der Waals surface area (Å²) in [6.07, 6.45) is 0. The maximum atomic E-state index is 10.7. The summed E-state index contributed by atoms with van der Waals surface area (Å²) in [7, 11) is 1.44. The van der Waals surface area contributed by atoms with Crippen LogP contribution in [0.1, 0.15) is 10.4 Å². The van der Waals surface area contributed by atoms with E-state index in [0.29, 0.717) is 0 Å². The second kappa shape index (κ2) is 5.16. The number of aromatic carboxylic acids is 1. The molecule has 0 bridgehead atoms. The van der Waals surface area contributed by atoms with Crippen molar-refractivity contribution in [3.63, 3.8) is 0 Å². The number of para-hydroxylation sites is 1. The molecule has 1 rings (SSSR count). The molecule has 0 atom stereocenters.